The van der Waals surface area contributed by atoms with Gasteiger partial charge in [-0.05, 0) is 48.9 Å². The molecular weight excluding hydrogens is 335 g/mol. The number of piperidine rings is 1. The molecule has 23 heavy (non-hydrogen) atoms. The van der Waals surface area contributed by atoms with Crippen LogP contribution in [-0.2, 0) is 4.79 Å². The summed E-state index contributed by atoms with van der Waals surface area (Å²) in [5, 5.41) is 11.2. The number of benzene rings is 1. The van der Waals surface area contributed by atoms with E-state index in [4.69, 9.17) is 17.3 Å². The lowest BCUT2D eigenvalue weighted by atomic mass is 9.87. The smallest absolute Gasteiger partial charge is 0.222 e. The maximum atomic E-state index is 12.1. The Morgan fingerprint density at radius 3 is 2.43 bits per heavy atom. The maximum absolute atomic E-state index is 12.1. The van der Waals surface area contributed by atoms with Gasteiger partial charge in [0.05, 0.1) is 6.10 Å². The number of hydrogen-bond donors (Lipinski definition) is 2. The number of rotatable bonds is 5. The van der Waals surface area contributed by atoms with Crippen molar-refractivity contribution in [2.75, 3.05) is 19.6 Å². The van der Waals surface area contributed by atoms with Crippen LogP contribution >= 0.6 is 24.0 Å². The number of halogens is 2. The first-order chi connectivity index (χ1) is 10.5. The highest BCUT2D eigenvalue weighted by Crippen LogP contribution is 2.31. The summed E-state index contributed by atoms with van der Waals surface area (Å²) in [7, 11) is 0. The van der Waals surface area contributed by atoms with Gasteiger partial charge in [0.1, 0.15) is 0 Å². The summed E-state index contributed by atoms with van der Waals surface area (Å²) in [6.45, 7) is 3.96. The first-order valence-electron chi connectivity index (χ1n) is 7.92. The molecule has 1 aliphatic rings. The number of hydrogen-bond acceptors (Lipinski definition) is 3. The van der Waals surface area contributed by atoms with E-state index < -0.39 is 6.10 Å². The number of nitrogens with zero attached hydrogens (tertiary/aromatic N) is 1. The number of aliphatic hydroxyl groups excluding tert-OH is 1. The van der Waals surface area contributed by atoms with E-state index >= 15 is 0 Å². The van der Waals surface area contributed by atoms with Crippen LogP contribution in [0, 0.1) is 11.8 Å². The zero-order chi connectivity index (χ0) is 16.1. The SMILES string of the molecule is CC(CN)CC(=O)N1CCC(C(O)c2ccc(Cl)cc2)CC1.Cl. The van der Waals surface area contributed by atoms with E-state index in [1.165, 1.54) is 0 Å². The summed E-state index contributed by atoms with van der Waals surface area (Å²) in [5.41, 5.74) is 6.47. The van der Waals surface area contributed by atoms with Crippen molar-refractivity contribution in [2.24, 2.45) is 17.6 Å². The Bertz CT molecular complexity index is 488. The number of aliphatic hydroxyl groups is 1. The van der Waals surface area contributed by atoms with Crippen molar-refractivity contribution in [3.8, 4) is 0 Å². The first kappa shape index (κ1) is 20.2. The molecule has 0 aliphatic carbocycles. The molecule has 1 amide bonds. The van der Waals surface area contributed by atoms with Gasteiger partial charge in [-0.15, -0.1) is 12.4 Å². The molecule has 6 heteroatoms. The highest BCUT2D eigenvalue weighted by atomic mass is 35.5. The molecule has 130 valence electrons. The molecule has 0 radical (unpaired) electrons. The Kier molecular flexibility index (Phi) is 8.34. The van der Waals surface area contributed by atoms with Crippen LogP contribution < -0.4 is 5.73 Å². The predicted molar refractivity (Wildman–Crippen MR) is 95.8 cm³/mol. The van der Waals surface area contributed by atoms with Crippen LogP contribution in [-0.4, -0.2) is 35.5 Å². The maximum Gasteiger partial charge on any atom is 0.222 e. The average molecular weight is 361 g/mol. The molecule has 1 heterocycles. The van der Waals surface area contributed by atoms with Gasteiger partial charge in [0.25, 0.3) is 0 Å². The van der Waals surface area contributed by atoms with Gasteiger partial charge in [-0.2, -0.15) is 0 Å². The van der Waals surface area contributed by atoms with Crippen molar-refractivity contribution >= 4 is 29.9 Å². The number of amides is 1. The van der Waals surface area contributed by atoms with Gasteiger partial charge >= 0.3 is 0 Å². The van der Waals surface area contributed by atoms with Crippen LogP contribution in [0.3, 0.4) is 0 Å². The van der Waals surface area contributed by atoms with Crippen molar-refractivity contribution in [2.45, 2.75) is 32.3 Å². The topological polar surface area (TPSA) is 66.6 Å². The lowest BCUT2D eigenvalue weighted by Crippen LogP contribution is -2.40. The molecule has 1 aromatic rings. The molecule has 3 N–H and O–H groups in total. The minimum Gasteiger partial charge on any atom is -0.388 e. The third-order valence-electron chi connectivity index (χ3n) is 4.48. The summed E-state index contributed by atoms with van der Waals surface area (Å²) in [6.07, 6.45) is 1.68. The van der Waals surface area contributed by atoms with Crippen molar-refractivity contribution in [1.29, 1.82) is 0 Å². The fraction of sp³-hybridized carbons (Fsp3) is 0.588. The van der Waals surface area contributed by atoms with Gasteiger partial charge in [0.2, 0.25) is 5.91 Å². The van der Waals surface area contributed by atoms with Gasteiger partial charge < -0.3 is 15.7 Å². The molecule has 2 unspecified atom stereocenters. The summed E-state index contributed by atoms with van der Waals surface area (Å²) < 4.78 is 0. The molecule has 1 aromatic carbocycles. The molecule has 1 aliphatic heterocycles. The Labute approximate surface area is 149 Å². The lowest BCUT2D eigenvalue weighted by Gasteiger charge is -2.35. The van der Waals surface area contributed by atoms with Crippen LogP contribution in [0.2, 0.25) is 5.02 Å². The molecule has 4 nitrogen and oxygen atoms in total. The minimum absolute atomic E-state index is 0. The Morgan fingerprint density at radius 1 is 1.35 bits per heavy atom. The Morgan fingerprint density at radius 2 is 1.91 bits per heavy atom. The van der Waals surface area contributed by atoms with E-state index in [1.54, 1.807) is 12.1 Å². The van der Waals surface area contributed by atoms with Gasteiger partial charge in [0.15, 0.2) is 0 Å². The summed E-state index contributed by atoms with van der Waals surface area (Å²) in [5.74, 6) is 0.597. The number of carbonyl (C=O) groups excluding carboxylic acids is 1. The molecule has 0 aromatic heterocycles. The van der Waals surface area contributed by atoms with Crippen molar-refractivity contribution in [1.82, 2.24) is 4.90 Å². The quantitative estimate of drug-likeness (QED) is 0.847. The zero-order valence-corrected chi connectivity index (χ0v) is 15.0. The van der Waals surface area contributed by atoms with E-state index in [-0.39, 0.29) is 30.2 Å². The first-order valence-corrected chi connectivity index (χ1v) is 8.30. The minimum atomic E-state index is -0.488. The second-order valence-corrected chi connectivity index (χ2v) is 6.70. The highest BCUT2D eigenvalue weighted by Gasteiger charge is 2.28. The second-order valence-electron chi connectivity index (χ2n) is 6.26. The van der Waals surface area contributed by atoms with Crippen molar-refractivity contribution < 1.29 is 9.90 Å². The molecule has 2 atom stereocenters. The van der Waals surface area contributed by atoms with E-state index in [0.717, 1.165) is 18.4 Å². The van der Waals surface area contributed by atoms with Gasteiger partial charge in [-0.3, -0.25) is 4.79 Å². The van der Waals surface area contributed by atoms with Crippen LogP contribution in [0.25, 0.3) is 0 Å². The Balaban J connectivity index is 0.00000264. The van der Waals surface area contributed by atoms with Gasteiger partial charge in [-0.25, -0.2) is 0 Å². The van der Waals surface area contributed by atoms with E-state index in [2.05, 4.69) is 0 Å². The summed E-state index contributed by atoms with van der Waals surface area (Å²) in [6, 6.07) is 7.33. The normalized spacial score (nSPS) is 18.2. The predicted octanol–water partition coefficient (Wildman–Crippen LogP) is 3.02. The molecule has 2 rings (SSSR count). The van der Waals surface area contributed by atoms with E-state index in [0.29, 0.717) is 31.1 Å². The highest BCUT2D eigenvalue weighted by molar-refractivity contribution is 6.30. The fourth-order valence-electron chi connectivity index (χ4n) is 2.91. The largest absolute Gasteiger partial charge is 0.388 e. The molecule has 1 saturated heterocycles. The monoisotopic (exact) mass is 360 g/mol. The second kappa shape index (κ2) is 9.48. The van der Waals surface area contributed by atoms with E-state index in [1.807, 2.05) is 24.0 Å². The third-order valence-corrected chi connectivity index (χ3v) is 4.73. The average Bonchev–Trinajstić information content (AvgIpc) is 2.55. The third kappa shape index (κ3) is 5.64. The molecular formula is C17H26Cl2N2O2. The fourth-order valence-corrected chi connectivity index (χ4v) is 3.03. The van der Waals surface area contributed by atoms with Crippen molar-refractivity contribution in [3.63, 3.8) is 0 Å². The van der Waals surface area contributed by atoms with Crippen molar-refractivity contribution in [3.05, 3.63) is 34.9 Å². The molecule has 0 spiro atoms. The number of likely N-dealkylation sites (tertiary alicyclic amines) is 1. The molecule has 1 fully saturated rings. The standard InChI is InChI=1S/C17H25ClN2O2.ClH/c1-12(11-19)10-16(21)20-8-6-14(7-9-20)17(22)13-2-4-15(18)5-3-13;/h2-5,12,14,17,22H,6-11,19H2,1H3;1H. The lowest BCUT2D eigenvalue weighted by molar-refractivity contribution is -0.134. The van der Waals surface area contributed by atoms with E-state index in [9.17, 15) is 9.90 Å². The summed E-state index contributed by atoms with van der Waals surface area (Å²) in [4.78, 5) is 14.0. The molecule has 0 bridgehead atoms. The van der Waals surface area contributed by atoms with Gasteiger partial charge in [0, 0.05) is 24.5 Å². The van der Waals surface area contributed by atoms with Crippen LogP contribution in [0.5, 0.6) is 0 Å². The Hall–Kier alpha value is -0.810. The zero-order valence-electron chi connectivity index (χ0n) is 13.5. The van der Waals surface area contributed by atoms with Crippen LogP contribution in [0.1, 0.15) is 37.9 Å². The number of carbonyl (C=O) groups is 1. The molecule has 0 saturated carbocycles. The number of nitrogens with two attached hydrogens (primary N) is 1. The van der Waals surface area contributed by atoms with Crippen LogP contribution in [0.15, 0.2) is 24.3 Å². The van der Waals surface area contributed by atoms with Crippen LogP contribution in [0.4, 0.5) is 0 Å². The van der Waals surface area contributed by atoms with Gasteiger partial charge in [-0.1, -0.05) is 30.7 Å². The summed E-state index contributed by atoms with van der Waals surface area (Å²) >= 11 is 5.87.